The zero-order valence-electron chi connectivity index (χ0n) is 11.9. The van der Waals surface area contributed by atoms with Gasteiger partial charge >= 0.3 is 6.18 Å². The Labute approximate surface area is 128 Å². The van der Waals surface area contributed by atoms with Gasteiger partial charge < -0.3 is 5.32 Å². The van der Waals surface area contributed by atoms with E-state index in [0.29, 0.717) is 17.0 Å². The second kappa shape index (κ2) is 5.38. The Kier molecular flexibility index (Phi) is 3.51. The molecule has 0 atom stereocenters. The molecule has 0 aliphatic rings. The fourth-order valence-electron chi connectivity index (χ4n) is 2.09. The van der Waals surface area contributed by atoms with E-state index in [1.807, 2.05) is 0 Å². The number of aromatic nitrogens is 3. The summed E-state index contributed by atoms with van der Waals surface area (Å²) < 4.78 is 39.2. The van der Waals surface area contributed by atoms with Crippen LogP contribution < -0.4 is 5.32 Å². The fraction of sp³-hybridized carbons (Fsp3) is 0.133. The predicted octanol–water partition coefficient (Wildman–Crippen LogP) is 3.31. The van der Waals surface area contributed by atoms with E-state index >= 15 is 0 Å². The number of anilines is 1. The van der Waals surface area contributed by atoms with Gasteiger partial charge in [-0.25, -0.2) is 0 Å². The van der Waals surface area contributed by atoms with Crippen molar-refractivity contribution < 1.29 is 18.0 Å². The molecule has 1 aromatic carbocycles. The molecule has 3 rings (SSSR count). The molecule has 0 aliphatic heterocycles. The highest BCUT2D eigenvalue weighted by molar-refractivity contribution is 6.04. The molecule has 0 spiro atoms. The number of nitrogens with one attached hydrogen (secondary N) is 1. The van der Waals surface area contributed by atoms with Crippen LogP contribution in [0.5, 0.6) is 0 Å². The molecule has 2 aromatic heterocycles. The number of halogens is 3. The van der Waals surface area contributed by atoms with E-state index in [1.165, 1.54) is 12.1 Å². The van der Waals surface area contributed by atoms with Crippen molar-refractivity contribution in [3.05, 3.63) is 59.5 Å². The summed E-state index contributed by atoms with van der Waals surface area (Å²) in [5.74, 6) is 0.198. The first kappa shape index (κ1) is 15.0. The van der Waals surface area contributed by atoms with Gasteiger partial charge in [0.15, 0.2) is 5.65 Å². The summed E-state index contributed by atoms with van der Waals surface area (Å²) in [6, 6.07) is 7.47. The van der Waals surface area contributed by atoms with E-state index in [4.69, 9.17) is 0 Å². The van der Waals surface area contributed by atoms with E-state index in [2.05, 4.69) is 15.5 Å². The van der Waals surface area contributed by atoms with Crippen molar-refractivity contribution in [3.8, 4) is 0 Å². The standard InChI is InChI=1S/C15H11F3N4O/c1-9-20-21-13-7-2-10(8-22(9)13)14(23)19-12-5-3-11(4-6-12)15(16,17)18/h2-8H,1H3,(H,19,23). The van der Waals surface area contributed by atoms with Crippen molar-refractivity contribution in [3.63, 3.8) is 0 Å². The molecule has 3 aromatic rings. The average Bonchev–Trinajstić information content (AvgIpc) is 2.88. The molecule has 0 aliphatic carbocycles. The van der Waals surface area contributed by atoms with E-state index in [9.17, 15) is 18.0 Å². The Morgan fingerprint density at radius 3 is 2.43 bits per heavy atom. The molecule has 1 amide bonds. The molecular weight excluding hydrogens is 309 g/mol. The zero-order valence-corrected chi connectivity index (χ0v) is 11.9. The van der Waals surface area contributed by atoms with Crippen LogP contribution in [0.25, 0.3) is 5.65 Å². The average molecular weight is 320 g/mol. The number of hydrogen-bond donors (Lipinski definition) is 1. The van der Waals surface area contributed by atoms with Crippen LogP contribution in [0.1, 0.15) is 21.7 Å². The van der Waals surface area contributed by atoms with Crippen molar-refractivity contribution in [1.29, 1.82) is 0 Å². The molecule has 0 unspecified atom stereocenters. The van der Waals surface area contributed by atoms with Crippen molar-refractivity contribution in [2.45, 2.75) is 13.1 Å². The minimum atomic E-state index is -4.40. The maximum absolute atomic E-state index is 12.5. The topological polar surface area (TPSA) is 59.3 Å². The number of nitrogens with zero attached hydrogens (tertiary/aromatic N) is 3. The third-order valence-corrected chi connectivity index (χ3v) is 3.31. The second-order valence-electron chi connectivity index (χ2n) is 4.92. The highest BCUT2D eigenvalue weighted by Crippen LogP contribution is 2.29. The van der Waals surface area contributed by atoms with Crippen LogP contribution in [-0.2, 0) is 6.18 Å². The van der Waals surface area contributed by atoms with E-state index in [0.717, 1.165) is 12.1 Å². The quantitative estimate of drug-likeness (QED) is 0.788. The molecule has 23 heavy (non-hydrogen) atoms. The third kappa shape index (κ3) is 3.01. The number of hydrogen-bond acceptors (Lipinski definition) is 3. The Bertz CT molecular complexity index is 869. The maximum Gasteiger partial charge on any atom is 0.416 e. The molecule has 0 saturated carbocycles. The molecule has 1 N–H and O–H groups in total. The lowest BCUT2D eigenvalue weighted by atomic mass is 10.2. The number of amides is 1. The van der Waals surface area contributed by atoms with Gasteiger partial charge in [0.25, 0.3) is 5.91 Å². The van der Waals surface area contributed by atoms with Gasteiger partial charge in [0.1, 0.15) is 5.82 Å². The molecule has 2 heterocycles. The minimum Gasteiger partial charge on any atom is -0.322 e. The Hall–Kier alpha value is -2.90. The first-order chi connectivity index (χ1) is 10.8. The molecule has 0 radical (unpaired) electrons. The number of aryl methyl sites for hydroxylation is 1. The van der Waals surface area contributed by atoms with Gasteiger partial charge in [0.2, 0.25) is 0 Å². The summed E-state index contributed by atoms with van der Waals surface area (Å²) in [6.07, 6.45) is -2.83. The van der Waals surface area contributed by atoms with Gasteiger partial charge in [-0.15, -0.1) is 10.2 Å². The number of alkyl halides is 3. The highest BCUT2D eigenvalue weighted by Gasteiger charge is 2.30. The van der Waals surface area contributed by atoms with Gasteiger partial charge in [-0.1, -0.05) is 0 Å². The number of fused-ring (bicyclic) bond motifs is 1. The predicted molar refractivity (Wildman–Crippen MR) is 77.1 cm³/mol. The number of benzene rings is 1. The highest BCUT2D eigenvalue weighted by atomic mass is 19.4. The molecule has 0 fully saturated rings. The van der Waals surface area contributed by atoms with Crippen LogP contribution in [0.2, 0.25) is 0 Å². The van der Waals surface area contributed by atoms with Crippen molar-refractivity contribution in [2.75, 3.05) is 5.32 Å². The lowest BCUT2D eigenvalue weighted by molar-refractivity contribution is -0.137. The molecule has 118 valence electrons. The van der Waals surface area contributed by atoms with Crippen LogP contribution >= 0.6 is 0 Å². The smallest absolute Gasteiger partial charge is 0.322 e. The normalized spacial score (nSPS) is 11.7. The van der Waals surface area contributed by atoms with Crippen molar-refractivity contribution in [2.24, 2.45) is 0 Å². The van der Waals surface area contributed by atoms with E-state index in [1.54, 1.807) is 29.7 Å². The zero-order chi connectivity index (χ0) is 16.6. The summed E-state index contributed by atoms with van der Waals surface area (Å²) in [4.78, 5) is 12.2. The maximum atomic E-state index is 12.5. The van der Waals surface area contributed by atoms with Crippen LogP contribution in [0.3, 0.4) is 0 Å². The van der Waals surface area contributed by atoms with Crippen LogP contribution in [0, 0.1) is 6.92 Å². The Morgan fingerprint density at radius 2 is 1.78 bits per heavy atom. The van der Waals surface area contributed by atoms with Crippen molar-refractivity contribution in [1.82, 2.24) is 14.6 Å². The summed E-state index contributed by atoms with van der Waals surface area (Å²) in [6.45, 7) is 1.75. The number of pyridine rings is 1. The monoisotopic (exact) mass is 320 g/mol. The van der Waals surface area contributed by atoms with Gasteiger partial charge in [-0.3, -0.25) is 9.20 Å². The lowest BCUT2D eigenvalue weighted by Gasteiger charge is -2.09. The van der Waals surface area contributed by atoms with Gasteiger partial charge in [-0.2, -0.15) is 13.2 Å². The van der Waals surface area contributed by atoms with Gasteiger partial charge in [0.05, 0.1) is 11.1 Å². The SMILES string of the molecule is Cc1nnc2ccc(C(=O)Nc3ccc(C(F)(F)F)cc3)cn12. The molecular formula is C15H11F3N4O. The molecule has 0 bridgehead atoms. The molecule has 0 saturated heterocycles. The number of carbonyl (C=O) groups excluding carboxylic acids is 1. The van der Waals surface area contributed by atoms with E-state index in [-0.39, 0.29) is 5.69 Å². The third-order valence-electron chi connectivity index (χ3n) is 3.31. The van der Waals surface area contributed by atoms with E-state index < -0.39 is 17.6 Å². The minimum absolute atomic E-state index is 0.281. The summed E-state index contributed by atoms with van der Waals surface area (Å²) in [7, 11) is 0. The van der Waals surface area contributed by atoms with Crippen LogP contribution in [0.15, 0.2) is 42.6 Å². The Balaban J connectivity index is 1.81. The largest absolute Gasteiger partial charge is 0.416 e. The summed E-state index contributed by atoms with van der Waals surface area (Å²) in [5, 5.41) is 10.4. The van der Waals surface area contributed by atoms with Crippen LogP contribution in [0.4, 0.5) is 18.9 Å². The lowest BCUT2D eigenvalue weighted by Crippen LogP contribution is -2.13. The summed E-state index contributed by atoms with van der Waals surface area (Å²) in [5.41, 5.74) is 0.467. The van der Waals surface area contributed by atoms with Gasteiger partial charge in [-0.05, 0) is 43.3 Å². The molecule has 5 nitrogen and oxygen atoms in total. The fourth-order valence-corrected chi connectivity index (χ4v) is 2.09. The molecule has 8 heteroatoms. The Morgan fingerprint density at radius 1 is 1.09 bits per heavy atom. The van der Waals surface area contributed by atoms with Gasteiger partial charge in [0, 0.05) is 11.9 Å². The number of carbonyl (C=O) groups is 1. The summed E-state index contributed by atoms with van der Waals surface area (Å²) >= 11 is 0. The first-order valence-corrected chi connectivity index (χ1v) is 6.64. The second-order valence-corrected chi connectivity index (χ2v) is 4.92. The number of rotatable bonds is 2. The first-order valence-electron chi connectivity index (χ1n) is 6.64. The van der Waals surface area contributed by atoms with Crippen LogP contribution in [-0.4, -0.2) is 20.5 Å². The van der Waals surface area contributed by atoms with Crippen molar-refractivity contribution >= 4 is 17.2 Å².